The number of aromatic nitrogens is 2. The van der Waals surface area contributed by atoms with E-state index < -0.39 is 0 Å². The molecule has 0 N–H and O–H groups in total. The summed E-state index contributed by atoms with van der Waals surface area (Å²) >= 11 is 0. The van der Waals surface area contributed by atoms with E-state index in [-0.39, 0.29) is 5.91 Å². The highest BCUT2D eigenvalue weighted by molar-refractivity contribution is 5.89. The molecule has 0 aromatic carbocycles. The first-order valence-electron chi connectivity index (χ1n) is 3.22. The lowest BCUT2D eigenvalue weighted by atomic mass is 10.5. The molecule has 1 aromatic rings. The minimum atomic E-state index is -0.0382. The van der Waals surface area contributed by atoms with Crippen molar-refractivity contribution >= 4 is 11.7 Å². The van der Waals surface area contributed by atoms with Gasteiger partial charge in [0.05, 0.1) is 0 Å². The number of carbonyl (C=O) groups is 1. The molecule has 0 aliphatic heterocycles. The van der Waals surface area contributed by atoms with Crippen LogP contribution in [0.1, 0.15) is 6.92 Å². The van der Waals surface area contributed by atoms with Gasteiger partial charge >= 0.3 is 0 Å². The lowest BCUT2D eigenvalue weighted by molar-refractivity contribution is -0.116. The van der Waals surface area contributed by atoms with Gasteiger partial charge in [0.15, 0.2) is 0 Å². The normalized spacial score (nSPS) is 9.27. The zero-order valence-corrected chi connectivity index (χ0v) is 6.48. The lowest BCUT2D eigenvalue weighted by Gasteiger charge is -2.11. The number of nitrogens with zero attached hydrogens (tertiary/aromatic N) is 3. The Morgan fingerprint density at radius 3 is 2.82 bits per heavy atom. The van der Waals surface area contributed by atoms with E-state index in [4.69, 9.17) is 0 Å². The van der Waals surface area contributed by atoms with Crippen molar-refractivity contribution in [3.63, 3.8) is 0 Å². The number of rotatable bonds is 1. The molecule has 0 radical (unpaired) electrons. The second-order valence-corrected chi connectivity index (χ2v) is 2.15. The van der Waals surface area contributed by atoms with Crippen LogP contribution in [0.2, 0.25) is 0 Å². The van der Waals surface area contributed by atoms with Crippen LogP contribution >= 0.6 is 0 Å². The molecule has 1 heterocycles. The second-order valence-electron chi connectivity index (χ2n) is 2.15. The van der Waals surface area contributed by atoms with Crippen LogP contribution in [0.15, 0.2) is 18.6 Å². The van der Waals surface area contributed by atoms with Crippen LogP contribution < -0.4 is 4.90 Å². The summed E-state index contributed by atoms with van der Waals surface area (Å²) < 4.78 is 0. The molecule has 11 heavy (non-hydrogen) atoms. The van der Waals surface area contributed by atoms with Gasteiger partial charge in [-0.1, -0.05) is 0 Å². The molecule has 0 saturated carbocycles. The van der Waals surface area contributed by atoms with Gasteiger partial charge in [0.25, 0.3) is 0 Å². The maximum absolute atomic E-state index is 10.8. The maximum Gasteiger partial charge on any atom is 0.224 e. The van der Waals surface area contributed by atoms with Gasteiger partial charge in [0, 0.05) is 20.2 Å². The summed E-state index contributed by atoms with van der Waals surface area (Å²) in [5.74, 6) is 0.580. The minimum Gasteiger partial charge on any atom is -0.300 e. The van der Waals surface area contributed by atoms with E-state index in [2.05, 4.69) is 9.97 Å². The highest BCUT2D eigenvalue weighted by atomic mass is 16.2. The van der Waals surface area contributed by atoms with Crippen molar-refractivity contribution in [2.45, 2.75) is 6.92 Å². The molecular weight excluding hydrogens is 142 g/mol. The third-order valence-corrected chi connectivity index (χ3v) is 1.38. The van der Waals surface area contributed by atoms with E-state index in [0.717, 1.165) is 0 Å². The highest BCUT2D eigenvalue weighted by Crippen LogP contribution is 2.04. The van der Waals surface area contributed by atoms with E-state index in [9.17, 15) is 4.79 Å². The van der Waals surface area contributed by atoms with Crippen LogP contribution in [-0.2, 0) is 4.79 Å². The fraction of sp³-hybridized carbons (Fsp3) is 0.286. The quantitative estimate of drug-likeness (QED) is 0.585. The zero-order valence-electron chi connectivity index (χ0n) is 6.48. The van der Waals surface area contributed by atoms with Crippen LogP contribution in [0.25, 0.3) is 0 Å². The van der Waals surface area contributed by atoms with Crippen LogP contribution in [0.3, 0.4) is 0 Å². The SMILES string of the molecule is CC(=O)N(C)c1ccncn1. The first-order valence-corrected chi connectivity index (χ1v) is 3.22. The Morgan fingerprint density at radius 1 is 1.64 bits per heavy atom. The summed E-state index contributed by atoms with van der Waals surface area (Å²) in [6.45, 7) is 1.49. The van der Waals surface area contributed by atoms with Crippen molar-refractivity contribution in [1.82, 2.24) is 9.97 Å². The van der Waals surface area contributed by atoms with Gasteiger partial charge in [-0.3, -0.25) is 4.79 Å². The molecule has 1 aromatic heterocycles. The molecule has 58 valence electrons. The minimum absolute atomic E-state index is 0.0382. The molecular formula is C7H9N3O. The second kappa shape index (κ2) is 3.09. The molecule has 0 unspecified atom stereocenters. The Kier molecular flexibility index (Phi) is 2.15. The number of amides is 1. The fourth-order valence-electron chi connectivity index (χ4n) is 0.643. The standard InChI is InChI=1S/C7H9N3O/c1-6(11)10(2)7-3-4-8-5-9-7/h3-5H,1-2H3. The molecule has 0 aliphatic rings. The molecule has 4 nitrogen and oxygen atoms in total. The van der Waals surface area contributed by atoms with Crippen molar-refractivity contribution in [1.29, 1.82) is 0 Å². The van der Waals surface area contributed by atoms with Crippen molar-refractivity contribution in [3.05, 3.63) is 18.6 Å². The summed E-state index contributed by atoms with van der Waals surface area (Å²) in [4.78, 5) is 19.9. The molecule has 0 aliphatic carbocycles. The van der Waals surface area contributed by atoms with Gasteiger partial charge in [0.2, 0.25) is 5.91 Å². The number of hydrogen-bond acceptors (Lipinski definition) is 3. The first kappa shape index (κ1) is 7.65. The van der Waals surface area contributed by atoms with Gasteiger partial charge in [-0.25, -0.2) is 9.97 Å². The van der Waals surface area contributed by atoms with Crippen molar-refractivity contribution in [3.8, 4) is 0 Å². The summed E-state index contributed by atoms with van der Waals surface area (Å²) in [5, 5.41) is 0. The average molecular weight is 151 g/mol. The van der Waals surface area contributed by atoms with Crippen LogP contribution in [-0.4, -0.2) is 22.9 Å². The molecule has 0 fully saturated rings. The topological polar surface area (TPSA) is 46.1 Å². The van der Waals surface area contributed by atoms with Gasteiger partial charge in [-0.05, 0) is 6.07 Å². The summed E-state index contributed by atoms with van der Waals surface area (Å²) in [5.41, 5.74) is 0. The summed E-state index contributed by atoms with van der Waals surface area (Å²) in [6.07, 6.45) is 3.01. The van der Waals surface area contributed by atoms with E-state index in [1.54, 1.807) is 19.3 Å². The maximum atomic E-state index is 10.8. The Labute approximate surface area is 64.9 Å². The van der Waals surface area contributed by atoms with Crippen molar-refractivity contribution < 1.29 is 4.79 Å². The van der Waals surface area contributed by atoms with Crippen LogP contribution in [0, 0.1) is 0 Å². The Hall–Kier alpha value is -1.45. The number of hydrogen-bond donors (Lipinski definition) is 0. The van der Waals surface area contributed by atoms with E-state index in [0.29, 0.717) is 5.82 Å². The molecule has 4 heteroatoms. The van der Waals surface area contributed by atoms with Crippen LogP contribution in [0.4, 0.5) is 5.82 Å². The Balaban J connectivity index is 2.85. The lowest BCUT2D eigenvalue weighted by Crippen LogP contribution is -2.23. The predicted octanol–water partition coefficient (Wildman–Crippen LogP) is 0.459. The molecule has 0 saturated heterocycles. The third kappa shape index (κ3) is 1.73. The molecule has 0 bridgehead atoms. The van der Waals surface area contributed by atoms with Gasteiger partial charge in [-0.15, -0.1) is 0 Å². The highest BCUT2D eigenvalue weighted by Gasteiger charge is 2.04. The largest absolute Gasteiger partial charge is 0.300 e. The first-order chi connectivity index (χ1) is 5.22. The summed E-state index contributed by atoms with van der Waals surface area (Å²) in [6, 6.07) is 1.68. The predicted molar refractivity (Wildman–Crippen MR) is 41.1 cm³/mol. The van der Waals surface area contributed by atoms with Crippen LogP contribution in [0.5, 0.6) is 0 Å². The van der Waals surface area contributed by atoms with Crippen molar-refractivity contribution in [2.75, 3.05) is 11.9 Å². The smallest absolute Gasteiger partial charge is 0.224 e. The zero-order chi connectivity index (χ0) is 8.27. The van der Waals surface area contributed by atoms with Crippen molar-refractivity contribution in [2.24, 2.45) is 0 Å². The Bertz CT molecular complexity index is 247. The number of carbonyl (C=O) groups excluding carboxylic acids is 1. The van der Waals surface area contributed by atoms with E-state index in [1.165, 1.54) is 18.2 Å². The Morgan fingerprint density at radius 2 is 2.36 bits per heavy atom. The van der Waals surface area contributed by atoms with Gasteiger partial charge < -0.3 is 4.90 Å². The fourth-order valence-corrected chi connectivity index (χ4v) is 0.643. The van der Waals surface area contributed by atoms with Gasteiger partial charge in [0.1, 0.15) is 12.1 Å². The molecule has 0 atom stereocenters. The average Bonchev–Trinajstić information content (AvgIpc) is 2.05. The van der Waals surface area contributed by atoms with Gasteiger partial charge in [-0.2, -0.15) is 0 Å². The molecule has 1 amide bonds. The number of anilines is 1. The monoisotopic (exact) mass is 151 g/mol. The third-order valence-electron chi connectivity index (χ3n) is 1.38. The van der Waals surface area contributed by atoms with E-state index >= 15 is 0 Å². The summed E-state index contributed by atoms with van der Waals surface area (Å²) in [7, 11) is 1.67. The molecule has 1 rings (SSSR count). The molecule has 0 spiro atoms. The van der Waals surface area contributed by atoms with E-state index in [1.807, 2.05) is 0 Å².